The molecule has 2 rings (SSSR count). The maximum atomic E-state index is 4.28. The van der Waals surface area contributed by atoms with Gasteiger partial charge in [0, 0.05) is 17.3 Å². The van der Waals surface area contributed by atoms with Crippen molar-refractivity contribution in [1.29, 1.82) is 0 Å². The first kappa shape index (κ1) is 12.6. The Balaban J connectivity index is 2.36. The predicted molar refractivity (Wildman–Crippen MR) is 67.0 cm³/mol. The molecule has 0 N–H and O–H groups in total. The average molecular weight is 338 g/mol. The predicted octanol–water partition coefficient (Wildman–Crippen LogP) is 0.444. The highest BCUT2D eigenvalue weighted by Gasteiger charge is 2.21. The Morgan fingerprint density at radius 1 is 0.824 bits per heavy atom. The van der Waals surface area contributed by atoms with Crippen LogP contribution in [-0.4, -0.2) is 4.98 Å². The van der Waals surface area contributed by atoms with Crippen molar-refractivity contribution < 1.29 is 21.2 Å². The van der Waals surface area contributed by atoms with E-state index < -0.39 is 0 Å². The molecule has 88 valence electrons. The Morgan fingerprint density at radius 2 is 1.47 bits per heavy atom. The van der Waals surface area contributed by atoms with E-state index in [1.807, 2.05) is 12.4 Å². The first-order valence-corrected chi connectivity index (χ1v) is 7.86. The van der Waals surface area contributed by atoms with Crippen LogP contribution in [0.15, 0.2) is 30.6 Å². The summed E-state index contributed by atoms with van der Waals surface area (Å²) in [5.74, 6) is 0. The molecule has 0 radical (unpaired) electrons. The van der Waals surface area contributed by atoms with Crippen LogP contribution in [0.1, 0.15) is 22.3 Å². The van der Waals surface area contributed by atoms with Crippen molar-refractivity contribution in [2.24, 2.45) is 0 Å². The maximum Gasteiger partial charge on any atom is 0.360 e. The van der Waals surface area contributed by atoms with Crippen molar-refractivity contribution in [2.75, 3.05) is 0 Å². The molecular formula is C15H17IN+. The van der Waals surface area contributed by atoms with Crippen molar-refractivity contribution in [1.82, 2.24) is 4.98 Å². The van der Waals surface area contributed by atoms with Gasteiger partial charge in [-0.3, -0.25) is 4.98 Å². The monoisotopic (exact) mass is 338 g/mol. The molecule has 0 aliphatic heterocycles. The van der Waals surface area contributed by atoms with E-state index in [1.165, 1.54) is 25.8 Å². The lowest BCUT2D eigenvalue weighted by molar-refractivity contribution is -0.599. The molecule has 0 bridgehead atoms. The standard InChI is InChI=1S/C15H17IN/c1-10-5-12(3)15(13(4)6-10)16-14-7-11(2)8-17-9-14/h5-9H,1-4H3/q+1. The normalized spacial score (nSPS) is 10.6. The second kappa shape index (κ2) is 5.17. The molecule has 17 heavy (non-hydrogen) atoms. The zero-order chi connectivity index (χ0) is 12.4. The molecule has 0 saturated heterocycles. The van der Waals surface area contributed by atoms with E-state index in [4.69, 9.17) is 0 Å². The quantitative estimate of drug-likeness (QED) is 0.725. The SMILES string of the molecule is Cc1cncc([I+]c2c(C)cc(C)cc2C)c1. The number of rotatable bonds is 2. The summed E-state index contributed by atoms with van der Waals surface area (Å²) in [5, 5.41) is 0. The van der Waals surface area contributed by atoms with Crippen molar-refractivity contribution in [3.8, 4) is 0 Å². The summed E-state index contributed by atoms with van der Waals surface area (Å²) in [6.07, 6.45) is 3.93. The van der Waals surface area contributed by atoms with E-state index in [9.17, 15) is 0 Å². The van der Waals surface area contributed by atoms with Crippen LogP contribution < -0.4 is 21.2 Å². The lowest BCUT2D eigenvalue weighted by Crippen LogP contribution is -3.62. The van der Waals surface area contributed by atoms with Crippen molar-refractivity contribution in [3.63, 3.8) is 0 Å². The summed E-state index contributed by atoms with van der Waals surface area (Å²) in [5.41, 5.74) is 5.47. The molecule has 0 aliphatic rings. The second-order valence-corrected chi connectivity index (χ2v) is 7.35. The minimum absolute atomic E-state index is 0.107. The molecule has 0 amide bonds. The van der Waals surface area contributed by atoms with Crippen molar-refractivity contribution in [2.45, 2.75) is 27.7 Å². The number of benzene rings is 1. The van der Waals surface area contributed by atoms with Gasteiger partial charge in [0.25, 0.3) is 0 Å². The highest BCUT2D eigenvalue weighted by atomic mass is 127. The first-order valence-electron chi connectivity index (χ1n) is 5.70. The van der Waals surface area contributed by atoms with E-state index in [0.717, 1.165) is 0 Å². The van der Waals surface area contributed by atoms with Gasteiger partial charge in [0.05, 0.1) is 6.20 Å². The third-order valence-electron chi connectivity index (χ3n) is 2.63. The Hall–Kier alpha value is -0.900. The number of hydrogen-bond donors (Lipinski definition) is 0. The van der Waals surface area contributed by atoms with Gasteiger partial charge in [-0.2, -0.15) is 0 Å². The van der Waals surface area contributed by atoms with E-state index >= 15 is 0 Å². The summed E-state index contributed by atoms with van der Waals surface area (Å²) < 4.78 is 2.95. The molecule has 1 nitrogen and oxygen atoms in total. The smallest absolute Gasteiger partial charge is 0.260 e. The molecular weight excluding hydrogens is 321 g/mol. The highest BCUT2D eigenvalue weighted by Crippen LogP contribution is 2.07. The fraction of sp³-hybridized carbons (Fsp3) is 0.267. The van der Waals surface area contributed by atoms with Crippen LogP contribution in [0.5, 0.6) is 0 Å². The van der Waals surface area contributed by atoms with Gasteiger partial charge in [-0.1, -0.05) is 17.7 Å². The molecule has 1 aromatic carbocycles. The number of aromatic nitrogens is 1. The average Bonchev–Trinajstić information content (AvgIpc) is 2.23. The van der Waals surface area contributed by atoms with Crippen molar-refractivity contribution in [3.05, 3.63) is 60.0 Å². The zero-order valence-corrected chi connectivity index (χ0v) is 12.9. The van der Waals surface area contributed by atoms with Crippen LogP contribution in [0.2, 0.25) is 0 Å². The Bertz CT molecular complexity index is 523. The van der Waals surface area contributed by atoms with Crippen LogP contribution in [0, 0.1) is 34.8 Å². The molecule has 0 atom stereocenters. The number of halogens is 1. The number of hydrogen-bond acceptors (Lipinski definition) is 1. The molecule has 2 aromatic rings. The molecule has 0 spiro atoms. The molecule has 0 saturated carbocycles. The number of aryl methyl sites for hydroxylation is 4. The van der Waals surface area contributed by atoms with Crippen LogP contribution in [-0.2, 0) is 0 Å². The lowest BCUT2D eigenvalue weighted by atomic mass is 10.1. The summed E-state index contributed by atoms with van der Waals surface area (Å²) >= 11 is -0.107. The minimum Gasteiger partial charge on any atom is -0.260 e. The maximum absolute atomic E-state index is 4.28. The summed E-state index contributed by atoms with van der Waals surface area (Å²) in [6.45, 7) is 8.71. The fourth-order valence-electron chi connectivity index (χ4n) is 1.99. The van der Waals surface area contributed by atoms with E-state index in [2.05, 4.69) is 50.9 Å². The summed E-state index contributed by atoms with van der Waals surface area (Å²) in [6, 6.07) is 6.83. The van der Waals surface area contributed by atoms with Gasteiger partial charge in [0.2, 0.25) is 3.57 Å². The second-order valence-electron chi connectivity index (χ2n) is 4.49. The Morgan fingerprint density at radius 3 is 2.06 bits per heavy atom. The van der Waals surface area contributed by atoms with Crippen molar-refractivity contribution >= 4 is 0 Å². The van der Waals surface area contributed by atoms with E-state index in [1.54, 1.807) is 3.57 Å². The molecule has 1 heterocycles. The van der Waals surface area contributed by atoms with E-state index in [-0.39, 0.29) is 21.2 Å². The molecule has 0 unspecified atom stereocenters. The van der Waals surface area contributed by atoms with Gasteiger partial charge in [-0.05, 0) is 39.3 Å². The fourth-order valence-corrected chi connectivity index (χ4v) is 4.72. The largest absolute Gasteiger partial charge is 0.360 e. The van der Waals surface area contributed by atoms with E-state index in [0.29, 0.717) is 0 Å². The summed E-state index contributed by atoms with van der Waals surface area (Å²) in [7, 11) is 0. The molecule has 0 aliphatic carbocycles. The van der Waals surface area contributed by atoms with Gasteiger partial charge >= 0.3 is 21.2 Å². The minimum atomic E-state index is -0.107. The van der Waals surface area contributed by atoms with Gasteiger partial charge in [-0.25, -0.2) is 0 Å². The lowest BCUT2D eigenvalue weighted by Gasteiger charge is -2.00. The molecule has 1 aromatic heterocycles. The van der Waals surface area contributed by atoms with Gasteiger partial charge < -0.3 is 0 Å². The molecule has 2 heteroatoms. The van der Waals surface area contributed by atoms with Gasteiger partial charge in [0.1, 0.15) is 0 Å². The summed E-state index contributed by atoms with van der Waals surface area (Å²) in [4.78, 5) is 4.28. The van der Waals surface area contributed by atoms with Crippen LogP contribution in [0.4, 0.5) is 0 Å². The number of pyridine rings is 1. The third-order valence-corrected chi connectivity index (χ3v) is 6.08. The van der Waals surface area contributed by atoms with Gasteiger partial charge in [-0.15, -0.1) is 0 Å². The van der Waals surface area contributed by atoms with Crippen LogP contribution in [0.25, 0.3) is 0 Å². The Kier molecular flexibility index (Phi) is 3.82. The van der Waals surface area contributed by atoms with Crippen LogP contribution >= 0.6 is 0 Å². The van der Waals surface area contributed by atoms with Crippen LogP contribution in [0.3, 0.4) is 0 Å². The van der Waals surface area contributed by atoms with Gasteiger partial charge in [0.15, 0.2) is 3.57 Å². The number of nitrogens with zero attached hydrogens (tertiary/aromatic N) is 1. The molecule has 0 fully saturated rings. The topological polar surface area (TPSA) is 12.9 Å². The third kappa shape index (κ3) is 3.06. The Labute approximate surface area is 114 Å². The zero-order valence-electron chi connectivity index (χ0n) is 10.7. The first-order chi connectivity index (χ1) is 8.06. The highest BCUT2D eigenvalue weighted by molar-refractivity contribution is 5.27.